The minimum absolute atomic E-state index is 0.0652. The van der Waals surface area contributed by atoms with Gasteiger partial charge in [0.05, 0.1) is 5.69 Å². The van der Waals surface area contributed by atoms with Crippen LogP contribution in [0.1, 0.15) is 67.0 Å². The number of fused-ring (bicyclic) bond motifs is 1. The first-order chi connectivity index (χ1) is 14.2. The standard InChI is InChI=1S/C21H25F3N6/c1-13(2)17-7-19(21(22,23)24)30-20(27-17)8-18(28-30)16-5-4-6-29(12-16)11-15-9-25-14(3)26-10-15/h7-10,13,16H,4-6,11-12H2,1-3H3. The lowest BCUT2D eigenvalue weighted by Crippen LogP contribution is -2.34. The average Bonchev–Trinajstić information content (AvgIpc) is 3.12. The highest BCUT2D eigenvalue weighted by Gasteiger charge is 2.36. The second kappa shape index (κ2) is 7.94. The Morgan fingerprint density at radius 1 is 1.17 bits per heavy atom. The van der Waals surface area contributed by atoms with Gasteiger partial charge in [0, 0.05) is 48.7 Å². The van der Waals surface area contributed by atoms with E-state index in [0.29, 0.717) is 17.9 Å². The molecule has 0 aliphatic carbocycles. The first kappa shape index (κ1) is 20.7. The highest BCUT2D eigenvalue weighted by Crippen LogP contribution is 2.33. The summed E-state index contributed by atoms with van der Waals surface area (Å²) in [5, 5.41) is 4.34. The number of hydrogen-bond donors (Lipinski definition) is 0. The normalized spacial score (nSPS) is 18.4. The Hall–Kier alpha value is -2.55. The number of aromatic nitrogens is 5. The van der Waals surface area contributed by atoms with Crippen LogP contribution in [0.15, 0.2) is 24.5 Å². The van der Waals surface area contributed by atoms with Crippen molar-refractivity contribution in [1.82, 2.24) is 29.5 Å². The van der Waals surface area contributed by atoms with E-state index in [0.717, 1.165) is 47.9 Å². The lowest BCUT2D eigenvalue weighted by atomic mass is 9.94. The van der Waals surface area contributed by atoms with E-state index in [2.05, 4.69) is 25.0 Å². The number of rotatable bonds is 4. The molecule has 3 aromatic rings. The van der Waals surface area contributed by atoms with Crippen molar-refractivity contribution in [2.45, 2.75) is 58.2 Å². The molecule has 0 radical (unpaired) electrons. The van der Waals surface area contributed by atoms with Gasteiger partial charge in [-0.05, 0) is 38.3 Å². The van der Waals surface area contributed by atoms with Gasteiger partial charge in [-0.25, -0.2) is 19.5 Å². The first-order valence-corrected chi connectivity index (χ1v) is 10.2. The van der Waals surface area contributed by atoms with Crippen LogP contribution < -0.4 is 0 Å². The molecule has 1 aliphatic rings. The number of nitrogens with zero attached hydrogens (tertiary/aromatic N) is 6. The zero-order chi connectivity index (χ0) is 21.5. The summed E-state index contributed by atoms with van der Waals surface area (Å²) in [5.41, 5.74) is 1.60. The highest BCUT2D eigenvalue weighted by atomic mass is 19.4. The van der Waals surface area contributed by atoms with Gasteiger partial charge in [0.15, 0.2) is 5.65 Å². The molecule has 0 saturated carbocycles. The van der Waals surface area contributed by atoms with Gasteiger partial charge < -0.3 is 0 Å². The number of hydrogen-bond acceptors (Lipinski definition) is 5. The van der Waals surface area contributed by atoms with Gasteiger partial charge in [-0.15, -0.1) is 0 Å². The molecule has 30 heavy (non-hydrogen) atoms. The fourth-order valence-electron chi connectivity index (χ4n) is 3.91. The molecule has 4 heterocycles. The minimum Gasteiger partial charge on any atom is -0.298 e. The van der Waals surface area contributed by atoms with Gasteiger partial charge in [0.25, 0.3) is 0 Å². The van der Waals surface area contributed by atoms with Gasteiger partial charge in [0.1, 0.15) is 11.5 Å². The van der Waals surface area contributed by atoms with Gasteiger partial charge >= 0.3 is 6.18 Å². The SMILES string of the molecule is Cc1ncc(CN2CCCC(c3cc4nc(C(C)C)cc(C(F)(F)F)n4n3)C2)cn1. The Balaban J connectivity index is 1.61. The maximum atomic E-state index is 13.6. The quantitative estimate of drug-likeness (QED) is 0.631. The van der Waals surface area contributed by atoms with Crippen molar-refractivity contribution in [3.8, 4) is 0 Å². The molecule has 4 rings (SSSR count). The molecule has 160 valence electrons. The second-order valence-corrected chi connectivity index (χ2v) is 8.27. The maximum Gasteiger partial charge on any atom is 0.433 e. The topological polar surface area (TPSA) is 59.2 Å². The van der Waals surface area contributed by atoms with E-state index in [1.165, 1.54) is 0 Å². The molecule has 1 atom stereocenters. The summed E-state index contributed by atoms with van der Waals surface area (Å²) in [6, 6.07) is 2.82. The van der Waals surface area contributed by atoms with Crippen LogP contribution in [0.2, 0.25) is 0 Å². The van der Waals surface area contributed by atoms with Crippen LogP contribution in [-0.4, -0.2) is 42.6 Å². The van der Waals surface area contributed by atoms with Crippen molar-refractivity contribution >= 4 is 5.65 Å². The largest absolute Gasteiger partial charge is 0.433 e. The van der Waals surface area contributed by atoms with E-state index in [-0.39, 0.29) is 17.5 Å². The van der Waals surface area contributed by atoms with Crippen LogP contribution in [0.3, 0.4) is 0 Å². The first-order valence-electron chi connectivity index (χ1n) is 10.2. The van der Waals surface area contributed by atoms with Crippen molar-refractivity contribution in [2.75, 3.05) is 13.1 Å². The maximum absolute atomic E-state index is 13.6. The Morgan fingerprint density at radius 3 is 2.57 bits per heavy atom. The molecule has 1 unspecified atom stereocenters. The van der Waals surface area contributed by atoms with E-state index in [1.807, 2.05) is 33.2 Å². The van der Waals surface area contributed by atoms with Gasteiger partial charge in [-0.2, -0.15) is 18.3 Å². The summed E-state index contributed by atoms with van der Waals surface area (Å²) < 4.78 is 41.9. The van der Waals surface area contributed by atoms with Crippen LogP contribution in [0.25, 0.3) is 5.65 Å². The molecule has 1 fully saturated rings. The summed E-state index contributed by atoms with van der Waals surface area (Å²) in [6.07, 6.45) is 1.01. The van der Waals surface area contributed by atoms with Crippen molar-refractivity contribution < 1.29 is 13.2 Å². The molecular weight excluding hydrogens is 393 g/mol. The third-order valence-electron chi connectivity index (χ3n) is 5.51. The number of likely N-dealkylation sites (tertiary alicyclic amines) is 1. The summed E-state index contributed by atoms with van der Waals surface area (Å²) >= 11 is 0. The smallest absolute Gasteiger partial charge is 0.298 e. The molecule has 3 aromatic heterocycles. The van der Waals surface area contributed by atoms with Crippen molar-refractivity contribution in [1.29, 1.82) is 0 Å². The molecule has 0 spiro atoms. The number of piperidine rings is 1. The summed E-state index contributed by atoms with van der Waals surface area (Å²) in [6.45, 7) is 7.90. The molecule has 0 amide bonds. The Morgan fingerprint density at radius 2 is 1.90 bits per heavy atom. The molecule has 0 N–H and O–H groups in total. The summed E-state index contributed by atoms with van der Waals surface area (Å²) in [7, 11) is 0. The predicted molar refractivity (Wildman–Crippen MR) is 106 cm³/mol. The third kappa shape index (κ3) is 4.30. The second-order valence-electron chi connectivity index (χ2n) is 8.27. The summed E-state index contributed by atoms with van der Waals surface area (Å²) in [4.78, 5) is 15.2. The van der Waals surface area contributed by atoms with Crippen LogP contribution >= 0.6 is 0 Å². The van der Waals surface area contributed by atoms with Gasteiger partial charge in [0.2, 0.25) is 0 Å². The zero-order valence-electron chi connectivity index (χ0n) is 17.3. The van der Waals surface area contributed by atoms with Crippen LogP contribution in [0, 0.1) is 6.92 Å². The number of alkyl halides is 3. The van der Waals surface area contributed by atoms with E-state index in [9.17, 15) is 13.2 Å². The van der Waals surface area contributed by atoms with E-state index in [1.54, 1.807) is 6.07 Å². The number of aryl methyl sites for hydroxylation is 1. The Bertz CT molecular complexity index is 1030. The zero-order valence-corrected chi connectivity index (χ0v) is 17.3. The summed E-state index contributed by atoms with van der Waals surface area (Å²) in [5.74, 6) is 0.695. The Kier molecular flexibility index (Phi) is 5.48. The number of halogens is 3. The molecule has 0 bridgehead atoms. The van der Waals surface area contributed by atoms with Crippen LogP contribution in [0.5, 0.6) is 0 Å². The van der Waals surface area contributed by atoms with Crippen molar-refractivity contribution in [2.24, 2.45) is 0 Å². The lowest BCUT2D eigenvalue weighted by Gasteiger charge is -2.31. The fourth-order valence-corrected chi connectivity index (χ4v) is 3.91. The molecule has 9 heteroatoms. The lowest BCUT2D eigenvalue weighted by molar-refractivity contribution is -0.142. The van der Waals surface area contributed by atoms with Crippen LogP contribution in [0.4, 0.5) is 13.2 Å². The monoisotopic (exact) mass is 418 g/mol. The van der Waals surface area contributed by atoms with Crippen molar-refractivity contribution in [3.05, 3.63) is 53.0 Å². The third-order valence-corrected chi connectivity index (χ3v) is 5.51. The van der Waals surface area contributed by atoms with E-state index in [4.69, 9.17) is 0 Å². The average molecular weight is 418 g/mol. The molecule has 1 saturated heterocycles. The molecule has 1 aliphatic heterocycles. The Labute approximate surface area is 173 Å². The predicted octanol–water partition coefficient (Wildman–Crippen LogP) is 4.35. The highest BCUT2D eigenvalue weighted by molar-refractivity contribution is 5.44. The molecule has 0 aromatic carbocycles. The van der Waals surface area contributed by atoms with E-state index < -0.39 is 11.9 Å². The minimum atomic E-state index is -4.49. The van der Waals surface area contributed by atoms with Gasteiger partial charge in [-0.3, -0.25) is 4.90 Å². The fraction of sp³-hybridized carbons (Fsp3) is 0.524. The molecule has 6 nitrogen and oxygen atoms in total. The van der Waals surface area contributed by atoms with Crippen LogP contribution in [-0.2, 0) is 12.7 Å². The van der Waals surface area contributed by atoms with E-state index >= 15 is 0 Å². The molecular formula is C21H25F3N6. The van der Waals surface area contributed by atoms with Gasteiger partial charge in [-0.1, -0.05) is 13.8 Å². The van der Waals surface area contributed by atoms with Crippen molar-refractivity contribution in [3.63, 3.8) is 0 Å².